The molecule has 2 atom stereocenters. The molecule has 10 nitrogen and oxygen atoms in total. The number of esters is 2. The Morgan fingerprint density at radius 2 is 0.841 bits per heavy atom. The summed E-state index contributed by atoms with van der Waals surface area (Å²) in [5, 5.41) is 0. The first-order valence-corrected chi connectivity index (χ1v) is 15.8. The molecule has 0 fully saturated rings. The van der Waals surface area contributed by atoms with E-state index in [2.05, 4.69) is 11.8 Å². The Bertz CT molecular complexity index is 1740. The molecule has 0 spiro atoms. The van der Waals surface area contributed by atoms with Crippen LogP contribution in [0.1, 0.15) is 37.2 Å². The van der Waals surface area contributed by atoms with Gasteiger partial charge >= 0.3 is 32.2 Å². The van der Waals surface area contributed by atoms with Crippen LogP contribution in [0.4, 0.5) is 0 Å². The zero-order valence-electron chi connectivity index (χ0n) is 23.4. The van der Waals surface area contributed by atoms with Crippen molar-refractivity contribution in [3.05, 3.63) is 120 Å². The Labute approximate surface area is 255 Å². The van der Waals surface area contributed by atoms with E-state index in [1.165, 1.54) is 86.6 Å². The van der Waals surface area contributed by atoms with E-state index in [9.17, 15) is 26.4 Å². The molecule has 44 heavy (non-hydrogen) atoms. The fourth-order valence-corrected chi connectivity index (χ4v) is 5.67. The van der Waals surface area contributed by atoms with Gasteiger partial charge in [-0.1, -0.05) is 60.7 Å². The van der Waals surface area contributed by atoms with Gasteiger partial charge < -0.3 is 17.8 Å². The molecule has 0 saturated heterocycles. The van der Waals surface area contributed by atoms with Crippen LogP contribution in [0.3, 0.4) is 0 Å². The molecule has 0 bridgehead atoms. The zero-order valence-corrected chi connectivity index (χ0v) is 25.1. The summed E-state index contributed by atoms with van der Waals surface area (Å²) < 4.78 is 71.2. The third kappa shape index (κ3) is 8.70. The summed E-state index contributed by atoms with van der Waals surface area (Å²) in [4.78, 5) is 23.7. The molecule has 4 aromatic rings. The van der Waals surface area contributed by atoms with E-state index in [1.807, 2.05) is 0 Å². The molecule has 0 aromatic heterocycles. The van der Waals surface area contributed by atoms with Crippen LogP contribution >= 0.6 is 0 Å². The molecule has 226 valence electrons. The van der Waals surface area contributed by atoms with Gasteiger partial charge in [-0.3, -0.25) is 9.59 Å². The van der Waals surface area contributed by atoms with Crippen molar-refractivity contribution in [2.24, 2.45) is 0 Å². The molecule has 4 aromatic carbocycles. The number of ether oxygens (including phenoxy) is 2. The third-order valence-corrected chi connectivity index (χ3v) is 8.28. The second-order valence-corrected chi connectivity index (χ2v) is 12.2. The minimum absolute atomic E-state index is 0.0124. The van der Waals surface area contributed by atoms with Gasteiger partial charge in [-0.05, 0) is 60.4 Å². The van der Waals surface area contributed by atoms with Crippen LogP contribution in [0, 0.1) is 11.8 Å². The van der Waals surface area contributed by atoms with E-state index in [4.69, 9.17) is 17.8 Å². The Morgan fingerprint density at radius 3 is 1.14 bits per heavy atom. The van der Waals surface area contributed by atoms with E-state index in [0.29, 0.717) is 11.1 Å². The first kappa shape index (κ1) is 31.8. The number of hydrogen-bond acceptors (Lipinski definition) is 10. The number of hydrogen-bond donors (Lipinski definition) is 0. The fraction of sp³-hybridized carbons (Fsp3) is 0.125. The van der Waals surface area contributed by atoms with Crippen LogP contribution in [-0.4, -0.2) is 28.8 Å². The highest BCUT2D eigenvalue weighted by atomic mass is 32.2. The van der Waals surface area contributed by atoms with Crippen LogP contribution in [0.2, 0.25) is 0 Å². The molecule has 0 aliphatic carbocycles. The molecule has 4 rings (SSSR count). The van der Waals surface area contributed by atoms with Gasteiger partial charge in [0.2, 0.25) is 0 Å². The van der Waals surface area contributed by atoms with Crippen LogP contribution in [-0.2, 0) is 39.3 Å². The summed E-state index contributed by atoms with van der Waals surface area (Å²) in [5.41, 5.74) is 0.794. The van der Waals surface area contributed by atoms with Crippen molar-refractivity contribution in [3.63, 3.8) is 0 Å². The Balaban J connectivity index is 1.55. The summed E-state index contributed by atoms with van der Waals surface area (Å²) in [6.07, 6.45) is -2.21. The Kier molecular flexibility index (Phi) is 10.0. The molecule has 0 heterocycles. The summed E-state index contributed by atoms with van der Waals surface area (Å²) in [6, 6.07) is 26.8. The number of carbonyl (C=O) groups is 2. The average Bonchev–Trinajstić information content (AvgIpc) is 2.99. The van der Waals surface area contributed by atoms with Crippen LogP contribution in [0.15, 0.2) is 119 Å². The number of rotatable bonds is 10. The summed E-state index contributed by atoms with van der Waals surface area (Å²) in [5.74, 6) is 4.35. The highest BCUT2D eigenvalue weighted by molar-refractivity contribution is 7.87. The highest BCUT2D eigenvalue weighted by Crippen LogP contribution is 2.26. The largest absolute Gasteiger partial charge is 0.444 e. The fourth-order valence-electron chi connectivity index (χ4n) is 3.77. The molecule has 0 N–H and O–H groups in total. The van der Waals surface area contributed by atoms with Gasteiger partial charge in [-0.2, -0.15) is 16.8 Å². The van der Waals surface area contributed by atoms with Crippen molar-refractivity contribution >= 4 is 32.2 Å². The van der Waals surface area contributed by atoms with Gasteiger partial charge in [0, 0.05) is 25.0 Å². The van der Waals surface area contributed by atoms with E-state index >= 15 is 0 Å². The maximum Gasteiger partial charge on any atom is 0.339 e. The first-order chi connectivity index (χ1) is 20.9. The third-order valence-electron chi connectivity index (χ3n) is 5.75. The first-order valence-electron chi connectivity index (χ1n) is 13.0. The topological polar surface area (TPSA) is 139 Å². The van der Waals surface area contributed by atoms with Gasteiger partial charge in [0.1, 0.15) is 21.3 Å². The van der Waals surface area contributed by atoms with E-state index in [1.54, 1.807) is 36.4 Å². The predicted octanol–water partition coefficient (Wildman–Crippen LogP) is 5.13. The van der Waals surface area contributed by atoms with Crippen molar-refractivity contribution in [3.8, 4) is 23.3 Å². The smallest absolute Gasteiger partial charge is 0.339 e. The zero-order chi connectivity index (χ0) is 31.7. The predicted molar refractivity (Wildman–Crippen MR) is 158 cm³/mol. The molecule has 0 amide bonds. The monoisotopic (exact) mass is 634 g/mol. The van der Waals surface area contributed by atoms with E-state index in [0.717, 1.165) is 0 Å². The van der Waals surface area contributed by atoms with Crippen molar-refractivity contribution in [2.75, 3.05) is 0 Å². The van der Waals surface area contributed by atoms with Gasteiger partial charge in [-0.15, -0.1) is 0 Å². The van der Waals surface area contributed by atoms with E-state index < -0.39 is 44.4 Å². The molecule has 2 unspecified atom stereocenters. The lowest BCUT2D eigenvalue weighted by Gasteiger charge is -2.15. The van der Waals surface area contributed by atoms with Gasteiger partial charge in [0.25, 0.3) is 0 Å². The molecule has 0 aliphatic rings. The summed E-state index contributed by atoms with van der Waals surface area (Å²) >= 11 is 0. The number of carbonyl (C=O) groups excluding carboxylic acids is 2. The molecule has 0 saturated carbocycles. The standard InChI is InChI=1S/C32H26O10S2/c1-23(33)39-31(25-13-17-27(18-14-25)41-43(35,36)29-9-5-3-6-10-29)21-22-32(40-24(2)34)26-15-19-28(20-16-26)42-44(37,38)30-11-7-4-8-12-30/h3-20,31-32H,1-2H3. The SMILES string of the molecule is CC(=O)OC(C#CC(OC(C)=O)c1ccc(OS(=O)(=O)c2ccccc2)cc1)c1ccc(OS(=O)(=O)c2ccccc2)cc1. The minimum Gasteiger partial charge on any atom is -0.444 e. The Morgan fingerprint density at radius 1 is 0.523 bits per heavy atom. The average molecular weight is 635 g/mol. The second kappa shape index (κ2) is 13.9. The Hall–Kier alpha value is -5.12. The van der Waals surface area contributed by atoms with Crippen LogP contribution in [0.5, 0.6) is 11.5 Å². The molecule has 0 aliphatic heterocycles. The van der Waals surface area contributed by atoms with Gasteiger partial charge in [0.05, 0.1) is 0 Å². The van der Waals surface area contributed by atoms with Crippen LogP contribution < -0.4 is 8.37 Å². The van der Waals surface area contributed by atoms with Gasteiger partial charge in [0.15, 0.2) is 12.2 Å². The normalized spacial score (nSPS) is 12.5. The quantitative estimate of drug-likeness (QED) is 0.131. The number of benzene rings is 4. The molecular formula is C32H26O10S2. The maximum atomic E-state index is 12.5. The van der Waals surface area contributed by atoms with Crippen molar-refractivity contribution < 1.29 is 44.3 Å². The lowest BCUT2D eigenvalue weighted by molar-refractivity contribution is -0.145. The van der Waals surface area contributed by atoms with Crippen LogP contribution in [0.25, 0.3) is 0 Å². The molecule has 12 heteroatoms. The van der Waals surface area contributed by atoms with E-state index in [-0.39, 0.29) is 21.3 Å². The highest BCUT2D eigenvalue weighted by Gasteiger charge is 2.20. The van der Waals surface area contributed by atoms with Crippen molar-refractivity contribution in [1.82, 2.24) is 0 Å². The minimum atomic E-state index is -4.06. The summed E-state index contributed by atoms with van der Waals surface area (Å²) in [6.45, 7) is 2.40. The second-order valence-electron chi connectivity index (χ2n) is 9.11. The summed E-state index contributed by atoms with van der Waals surface area (Å²) in [7, 11) is -8.12. The van der Waals surface area contributed by atoms with Crippen molar-refractivity contribution in [1.29, 1.82) is 0 Å². The molecule has 0 radical (unpaired) electrons. The maximum absolute atomic E-state index is 12.5. The van der Waals surface area contributed by atoms with Gasteiger partial charge in [-0.25, -0.2) is 0 Å². The molecular weight excluding hydrogens is 608 g/mol. The lowest BCUT2D eigenvalue weighted by atomic mass is 10.1. The van der Waals surface area contributed by atoms with Crippen molar-refractivity contribution in [2.45, 2.75) is 35.8 Å². The lowest BCUT2D eigenvalue weighted by Crippen LogP contribution is -2.11.